The highest BCUT2D eigenvalue weighted by atomic mass is 16.4. The normalized spacial score (nSPS) is 24.2. The van der Waals surface area contributed by atoms with E-state index in [1.165, 1.54) is 35.6 Å². The van der Waals surface area contributed by atoms with Gasteiger partial charge in [-0.15, -0.1) is 0 Å². The average Bonchev–Trinajstić information content (AvgIpc) is 3.37. The lowest BCUT2D eigenvalue weighted by atomic mass is 9.95. The molecule has 1 amide bonds. The second-order valence-electron chi connectivity index (χ2n) is 11.3. The Morgan fingerprint density at radius 3 is 2.39 bits per heavy atom. The Kier molecular flexibility index (Phi) is 7.22. The second-order valence-corrected chi connectivity index (χ2v) is 11.3. The van der Waals surface area contributed by atoms with Crippen molar-refractivity contribution in [1.29, 1.82) is 0 Å². The van der Waals surface area contributed by atoms with E-state index in [4.69, 9.17) is 4.98 Å². The summed E-state index contributed by atoms with van der Waals surface area (Å²) in [5.74, 6) is 1.17. The number of piperidine rings is 1. The van der Waals surface area contributed by atoms with Gasteiger partial charge in [0.05, 0.1) is 17.4 Å². The van der Waals surface area contributed by atoms with Crippen LogP contribution in [-0.4, -0.2) is 55.7 Å². The number of nitrogens with one attached hydrogen (secondary N) is 1. The minimum Gasteiger partial charge on any atom is -0.465 e. The maximum absolute atomic E-state index is 11.5. The van der Waals surface area contributed by atoms with E-state index in [-0.39, 0.29) is 6.04 Å². The summed E-state index contributed by atoms with van der Waals surface area (Å²) in [6, 6.07) is 22.2. The smallest absolute Gasteiger partial charge is 0.405 e. The maximum atomic E-state index is 11.5. The lowest BCUT2D eigenvalue weighted by Crippen LogP contribution is -2.45. The van der Waals surface area contributed by atoms with Crippen molar-refractivity contribution in [2.75, 3.05) is 13.1 Å². The van der Waals surface area contributed by atoms with Gasteiger partial charge in [0, 0.05) is 50.7 Å². The molecule has 0 radical (unpaired) electrons. The molecule has 7 nitrogen and oxygen atoms in total. The Morgan fingerprint density at radius 1 is 1.03 bits per heavy atom. The molecule has 2 aromatic carbocycles. The number of amides is 1. The Balaban J connectivity index is 1.13. The maximum Gasteiger partial charge on any atom is 0.405 e. The van der Waals surface area contributed by atoms with Crippen molar-refractivity contribution in [1.82, 2.24) is 24.7 Å². The number of carboxylic acid groups (broad SMARTS) is 1. The highest BCUT2D eigenvalue weighted by molar-refractivity contribution is 5.65. The largest absolute Gasteiger partial charge is 0.465 e. The molecule has 0 spiro atoms. The van der Waals surface area contributed by atoms with Gasteiger partial charge in [0.15, 0.2) is 0 Å². The number of rotatable bonds is 8. The fourth-order valence-corrected chi connectivity index (χ4v) is 7.29. The predicted octanol–water partition coefficient (Wildman–Crippen LogP) is 5.32. The first-order valence-corrected chi connectivity index (χ1v) is 14.2. The molecule has 0 aliphatic carbocycles. The quantitative estimate of drug-likeness (QED) is 0.427. The summed E-state index contributed by atoms with van der Waals surface area (Å²) in [5, 5.41) is 12.2. The van der Waals surface area contributed by atoms with Gasteiger partial charge in [-0.3, -0.25) is 9.80 Å². The molecule has 3 aromatic rings. The van der Waals surface area contributed by atoms with Crippen LogP contribution in [-0.2, 0) is 19.5 Å². The summed E-state index contributed by atoms with van der Waals surface area (Å²) in [5.41, 5.74) is 5.14. The minimum atomic E-state index is -0.956. The first-order valence-electron chi connectivity index (χ1n) is 14.2. The first-order chi connectivity index (χ1) is 18.5. The molecule has 0 saturated carbocycles. The van der Waals surface area contributed by atoms with Gasteiger partial charge < -0.3 is 15.0 Å². The Bertz CT molecular complexity index is 1230. The predicted molar refractivity (Wildman–Crippen MR) is 148 cm³/mol. The fourth-order valence-electron chi connectivity index (χ4n) is 7.29. The summed E-state index contributed by atoms with van der Waals surface area (Å²) < 4.78 is 2.59. The summed E-state index contributed by atoms with van der Waals surface area (Å²) in [4.78, 5) is 21.8. The van der Waals surface area contributed by atoms with Crippen molar-refractivity contribution in [3.8, 4) is 0 Å². The number of aryl methyl sites for hydroxylation is 1. The number of imidazole rings is 1. The lowest BCUT2D eigenvalue weighted by molar-refractivity contribution is 0.0982. The zero-order chi connectivity index (χ0) is 26.1. The van der Waals surface area contributed by atoms with Crippen molar-refractivity contribution in [2.45, 2.75) is 82.7 Å². The number of benzene rings is 2. The highest BCUT2D eigenvalue weighted by Crippen LogP contribution is 2.43. The van der Waals surface area contributed by atoms with Crippen molar-refractivity contribution in [3.05, 3.63) is 89.0 Å². The number of hydrogen-bond donors (Lipinski definition) is 2. The molecule has 3 aliphatic rings. The van der Waals surface area contributed by atoms with Crippen molar-refractivity contribution < 1.29 is 9.90 Å². The zero-order valence-electron chi connectivity index (χ0n) is 22.3. The number of fused-ring (bicyclic) bond motifs is 3. The molecule has 38 heavy (non-hydrogen) atoms. The van der Waals surface area contributed by atoms with Gasteiger partial charge in [0.1, 0.15) is 5.82 Å². The molecule has 4 heterocycles. The molecule has 6 rings (SSSR count). The van der Waals surface area contributed by atoms with E-state index in [1.54, 1.807) is 0 Å². The molecular weight excluding hydrogens is 474 g/mol. The third kappa shape index (κ3) is 5.22. The first kappa shape index (κ1) is 25.1. The molecule has 7 heteroatoms. The third-order valence-electron chi connectivity index (χ3n) is 8.96. The standard InChI is InChI=1S/C31H39N5O2/c1-22-32-29-14-16-34(20-23-8-4-2-5-9-23)21-30(29)36(22)27-18-25-12-13-26(19-27)35(25)17-15-28(33-31(37)38)24-10-6-3-7-11-24/h2-11,25-28,33H,12-21H2,1H3,(H,37,38)/t25?,26?,27?,28-/m0/s1. The molecule has 3 aliphatic heterocycles. The Labute approximate surface area is 225 Å². The third-order valence-corrected chi connectivity index (χ3v) is 8.96. The second kappa shape index (κ2) is 10.9. The van der Waals surface area contributed by atoms with Crippen LogP contribution >= 0.6 is 0 Å². The van der Waals surface area contributed by atoms with Crippen LogP contribution in [0.1, 0.15) is 72.5 Å². The van der Waals surface area contributed by atoms with E-state index in [0.717, 1.165) is 57.4 Å². The van der Waals surface area contributed by atoms with E-state index >= 15 is 0 Å². The topological polar surface area (TPSA) is 73.6 Å². The van der Waals surface area contributed by atoms with Crippen LogP contribution in [0.15, 0.2) is 60.7 Å². The van der Waals surface area contributed by atoms with E-state index in [9.17, 15) is 9.90 Å². The zero-order valence-corrected chi connectivity index (χ0v) is 22.3. The number of aromatic nitrogens is 2. The van der Waals surface area contributed by atoms with Gasteiger partial charge in [-0.1, -0.05) is 60.7 Å². The van der Waals surface area contributed by atoms with Crippen LogP contribution in [0.25, 0.3) is 0 Å². The minimum absolute atomic E-state index is 0.177. The molecular formula is C31H39N5O2. The molecule has 2 N–H and O–H groups in total. The van der Waals surface area contributed by atoms with Crippen LogP contribution < -0.4 is 5.32 Å². The van der Waals surface area contributed by atoms with Gasteiger partial charge in [0.25, 0.3) is 0 Å². The summed E-state index contributed by atoms with van der Waals surface area (Å²) >= 11 is 0. The van der Waals surface area contributed by atoms with Crippen molar-refractivity contribution in [2.24, 2.45) is 0 Å². The summed E-state index contributed by atoms with van der Waals surface area (Å²) in [6.45, 7) is 6.14. The molecule has 2 saturated heterocycles. The molecule has 1 aromatic heterocycles. The summed E-state index contributed by atoms with van der Waals surface area (Å²) in [7, 11) is 0. The lowest BCUT2D eigenvalue weighted by Gasteiger charge is -2.41. The van der Waals surface area contributed by atoms with Crippen LogP contribution in [0.4, 0.5) is 4.79 Å². The number of carbonyl (C=O) groups is 1. The number of hydrogen-bond acceptors (Lipinski definition) is 4. The van der Waals surface area contributed by atoms with Gasteiger partial charge in [0.2, 0.25) is 0 Å². The van der Waals surface area contributed by atoms with Gasteiger partial charge in [-0.2, -0.15) is 0 Å². The molecule has 200 valence electrons. The average molecular weight is 514 g/mol. The fraction of sp³-hybridized carbons (Fsp3) is 0.484. The van der Waals surface area contributed by atoms with E-state index < -0.39 is 6.09 Å². The van der Waals surface area contributed by atoms with E-state index in [1.807, 2.05) is 30.3 Å². The van der Waals surface area contributed by atoms with Crippen molar-refractivity contribution in [3.63, 3.8) is 0 Å². The van der Waals surface area contributed by atoms with Crippen LogP contribution in [0.3, 0.4) is 0 Å². The SMILES string of the molecule is Cc1nc2c(n1C1CC3CCC(C1)N3CC[C@H](NC(=O)O)c1ccccc1)CN(Cc1ccccc1)CC2. The van der Waals surface area contributed by atoms with Crippen LogP contribution in [0.2, 0.25) is 0 Å². The highest BCUT2D eigenvalue weighted by Gasteiger charge is 2.42. The van der Waals surface area contributed by atoms with E-state index in [0.29, 0.717) is 18.1 Å². The van der Waals surface area contributed by atoms with Crippen molar-refractivity contribution >= 4 is 6.09 Å². The van der Waals surface area contributed by atoms with E-state index in [2.05, 4.69) is 56.9 Å². The number of nitrogens with zero attached hydrogens (tertiary/aromatic N) is 4. The van der Waals surface area contributed by atoms with Gasteiger partial charge >= 0.3 is 6.09 Å². The molecule has 2 bridgehead atoms. The van der Waals surface area contributed by atoms with Crippen LogP contribution in [0, 0.1) is 6.92 Å². The molecule has 2 unspecified atom stereocenters. The van der Waals surface area contributed by atoms with Crippen LogP contribution in [0.5, 0.6) is 0 Å². The Morgan fingerprint density at radius 2 is 1.71 bits per heavy atom. The van der Waals surface area contributed by atoms with Gasteiger partial charge in [-0.05, 0) is 50.2 Å². The molecule has 2 fully saturated rings. The molecule has 3 atom stereocenters. The summed E-state index contributed by atoms with van der Waals surface area (Å²) in [6.07, 6.45) is 5.64. The monoisotopic (exact) mass is 513 g/mol. The van der Waals surface area contributed by atoms with Gasteiger partial charge in [-0.25, -0.2) is 9.78 Å². The Hall–Kier alpha value is -3.16.